The fourth-order valence-electron chi connectivity index (χ4n) is 1.58. The minimum atomic E-state index is -0.681. The summed E-state index contributed by atoms with van der Waals surface area (Å²) in [5.74, 6) is 0. The van der Waals surface area contributed by atoms with Crippen LogP contribution in [0.3, 0.4) is 0 Å². The molecule has 4 nitrogen and oxygen atoms in total. The maximum Gasteiger partial charge on any atom is 0.421 e. The number of rotatable bonds is 4. The molecule has 0 N–H and O–H groups in total. The number of hydrogen-bond donors (Lipinski definition) is 0. The van der Waals surface area contributed by atoms with Crippen molar-refractivity contribution in [3.63, 3.8) is 0 Å². The third-order valence-corrected chi connectivity index (χ3v) is 2.31. The van der Waals surface area contributed by atoms with E-state index in [4.69, 9.17) is 4.74 Å². The molecule has 102 valence electrons. The monoisotopic (exact) mass is 261 g/mol. The molecule has 0 aliphatic heterocycles. The van der Waals surface area contributed by atoms with Crippen LogP contribution in [0.5, 0.6) is 0 Å². The largest absolute Gasteiger partial charge is 0.443 e. The summed E-state index contributed by atoms with van der Waals surface area (Å²) in [4.78, 5) is 24.2. The van der Waals surface area contributed by atoms with Crippen molar-refractivity contribution in [2.45, 2.75) is 32.8 Å². The number of para-hydroxylation sites is 1. The lowest BCUT2D eigenvalue weighted by Crippen LogP contribution is -2.36. The minimum absolute atomic E-state index is 0.468. The molecular weight excluding hydrogens is 242 g/mol. The maximum absolute atomic E-state index is 12.0. The average Bonchev–Trinajstić information content (AvgIpc) is 2.30. The Kier molecular flexibility index (Phi) is 4.87. The number of hydrogen-bond acceptors (Lipinski definition) is 3. The molecule has 0 fully saturated rings. The molecule has 0 saturated heterocycles. The highest BCUT2D eigenvalue weighted by Gasteiger charge is 2.24. The van der Waals surface area contributed by atoms with Gasteiger partial charge in [0.25, 0.3) is 0 Å². The first-order chi connectivity index (χ1) is 8.89. The zero-order valence-electron chi connectivity index (χ0n) is 11.6. The number of carbonyl (C=O) groups excluding carboxylic acids is 2. The van der Waals surface area contributed by atoms with E-state index in [1.165, 1.54) is 0 Å². The number of nitrogens with zero attached hydrogens (tertiary/aromatic N) is 1. The van der Waals surface area contributed by atoms with Gasteiger partial charge in [0, 0.05) is 0 Å². The van der Waals surface area contributed by atoms with E-state index >= 15 is 0 Å². The average molecular weight is 261 g/mol. The summed E-state index contributed by atoms with van der Waals surface area (Å²) in [6.07, 6.45) is 2.08. The molecule has 19 heavy (non-hydrogen) atoms. The van der Waals surface area contributed by atoms with Gasteiger partial charge < -0.3 is 4.74 Å². The molecule has 1 aromatic carbocycles. The van der Waals surface area contributed by atoms with Crippen molar-refractivity contribution in [2.75, 3.05) is 4.90 Å². The summed E-state index contributed by atoms with van der Waals surface area (Å²) in [7, 11) is 0. The Morgan fingerprint density at radius 2 is 2.00 bits per heavy atom. The second-order valence-corrected chi connectivity index (χ2v) is 5.08. The van der Waals surface area contributed by atoms with Crippen LogP contribution in [0.2, 0.25) is 0 Å². The summed E-state index contributed by atoms with van der Waals surface area (Å²) < 4.78 is 5.21. The van der Waals surface area contributed by atoms with Crippen LogP contribution in [0.25, 0.3) is 0 Å². The number of ether oxygens (including phenoxy) is 1. The summed E-state index contributed by atoms with van der Waals surface area (Å²) >= 11 is 0. The molecule has 0 aliphatic carbocycles. The molecule has 0 unspecified atom stereocenters. The van der Waals surface area contributed by atoms with Crippen molar-refractivity contribution >= 4 is 18.2 Å². The Labute approximate surface area is 113 Å². The predicted molar refractivity (Wildman–Crippen MR) is 75.1 cm³/mol. The predicted octanol–water partition coefficient (Wildman–Crippen LogP) is 3.31. The Balaban J connectivity index is 3.06. The Morgan fingerprint density at radius 3 is 2.53 bits per heavy atom. The van der Waals surface area contributed by atoms with Gasteiger partial charge in [-0.2, -0.15) is 0 Å². The van der Waals surface area contributed by atoms with E-state index in [-0.39, 0.29) is 0 Å². The molecular formula is C15H19NO3. The molecule has 2 amide bonds. The van der Waals surface area contributed by atoms with E-state index in [0.29, 0.717) is 18.5 Å². The molecule has 0 bridgehead atoms. The van der Waals surface area contributed by atoms with Gasteiger partial charge in [0.15, 0.2) is 0 Å². The quantitative estimate of drug-likeness (QED) is 0.617. The molecule has 0 heterocycles. The number of imide groups is 1. The van der Waals surface area contributed by atoms with Crippen molar-refractivity contribution in [1.82, 2.24) is 0 Å². The van der Waals surface area contributed by atoms with E-state index in [1.54, 1.807) is 39.0 Å². The first-order valence-corrected chi connectivity index (χ1v) is 6.05. The first-order valence-electron chi connectivity index (χ1n) is 6.05. The van der Waals surface area contributed by atoms with Crippen LogP contribution >= 0.6 is 0 Å². The van der Waals surface area contributed by atoms with Crippen LogP contribution in [-0.4, -0.2) is 18.1 Å². The molecule has 0 radical (unpaired) electrons. The van der Waals surface area contributed by atoms with Crippen LogP contribution in [0.1, 0.15) is 26.3 Å². The van der Waals surface area contributed by atoms with Crippen LogP contribution in [0.4, 0.5) is 10.5 Å². The van der Waals surface area contributed by atoms with Gasteiger partial charge in [-0.25, -0.2) is 9.69 Å². The fourth-order valence-corrected chi connectivity index (χ4v) is 1.58. The lowest BCUT2D eigenvalue weighted by molar-refractivity contribution is -0.107. The highest BCUT2D eigenvalue weighted by molar-refractivity contribution is 6.04. The maximum atomic E-state index is 12.0. The minimum Gasteiger partial charge on any atom is -0.443 e. The second-order valence-electron chi connectivity index (χ2n) is 5.08. The van der Waals surface area contributed by atoms with E-state index in [9.17, 15) is 9.59 Å². The number of benzene rings is 1. The lowest BCUT2D eigenvalue weighted by atomic mass is 10.1. The van der Waals surface area contributed by atoms with Gasteiger partial charge in [-0.3, -0.25) is 4.79 Å². The Bertz CT molecular complexity index is 475. The zero-order valence-corrected chi connectivity index (χ0v) is 11.6. The van der Waals surface area contributed by atoms with E-state index < -0.39 is 11.7 Å². The van der Waals surface area contributed by atoms with Gasteiger partial charge in [-0.05, 0) is 38.8 Å². The molecule has 0 saturated carbocycles. The third-order valence-electron chi connectivity index (χ3n) is 2.31. The highest BCUT2D eigenvalue weighted by atomic mass is 16.6. The molecule has 1 rings (SSSR count). The number of carbonyl (C=O) groups is 2. The van der Waals surface area contributed by atoms with Crippen LogP contribution < -0.4 is 4.90 Å². The summed E-state index contributed by atoms with van der Waals surface area (Å²) in [5.41, 5.74) is 0.716. The Hall–Kier alpha value is -2.10. The van der Waals surface area contributed by atoms with Crippen molar-refractivity contribution in [2.24, 2.45) is 0 Å². The normalized spacial score (nSPS) is 10.7. The van der Waals surface area contributed by atoms with Crippen LogP contribution in [0, 0.1) is 0 Å². The van der Waals surface area contributed by atoms with Crippen molar-refractivity contribution < 1.29 is 14.3 Å². The fraction of sp³-hybridized carbons (Fsp3) is 0.333. The molecule has 0 spiro atoms. The number of amides is 2. The molecule has 0 aliphatic rings. The van der Waals surface area contributed by atoms with Crippen LogP contribution in [0.15, 0.2) is 36.9 Å². The third kappa shape index (κ3) is 4.25. The van der Waals surface area contributed by atoms with Gasteiger partial charge in [-0.15, -0.1) is 6.58 Å². The van der Waals surface area contributed by atoms with E-state index in [1.807, 2.05) is 12.1 Å². The van der Waals surface area contributed by atoms with E-state index in [2.05, 4.69) is 6.58 Å². The molecule has 1 aromatic rings. The topological polar surface area (TPSA) is 46.6 Å². The van der Waals surface area contributed by atoms with E-state index in [0.717, 1.165) is 10.5 Å². The van der Waals surface area contributed by atoms with Gasteiger partial charge in [0.05, 0.1) is 5.69 Å². The standard InChI is InChI=1S/C15H19NO3/c1-5-8-12-9-6-7-10-13(12)16(11-17)14(18)19-15(2,3)4/h5-7,9-11H,1,8H2,2-4H3. The van der Waals surface area contributed by atoms with Crippen molar-refractivity contribution in [1.29, 1.82) is 0 Å². The zero-order chi connectivity index (χ0) is 14.5. The SMILES string of the molecule is C=CCc1ccccc1N(C=O)C(=O)OC(C)(C)C. The lowest BCUT2D eigenvalue weighted by Gasteiger charge is -2.24. The summed E-state index contributed by atoms with van der Waals surface area (Å²) in [6.45, 7) is 8.92. The van der Waals surface area contributed by atoms with Gasteiger partial charge in [-0.1, -0.05) is 24.3 Å². The molecule has 0 atom stereocenters. The number of anilines is 1. The second kappa shape index (κ2) is 6.18. The molecule has 4 heteroatoms. The Morgan fingerprint density at radius 1 is 1.37 bits per heavy atom. The van der Waals surface area contributed by atoms with Crippen molar-refractivity contribution in [3.8, 4) is 0 Å². The van der Waals surface area contributed by atoms with Crippen LogP contribution in [-0.2, 0) is 16.0 Å². The smallest absolute Gasteiger partial charge is 0.421 e. The first kappa shape index (κ1) is 15.0. The number of allylic oxidation sites excluding steroid dienone is 1. The summed E-state index contributed by atoms with van der Waals surface area (Å²) in [6, 6.07) is 7.16. The summed E-state index contributed by atoms with van der Waals surface area (Å²) in [5, 5.41) is 0. The van der Waals surface area contributed by atoms with Gasteiger partial charge >= 0.3 is 6.09 Å². The van der Waals surface area contributed by atoms with Crippen molar-refractivity contribution in [3.05, 3.63) is 42.5 Å². The molecule has 0 aromatic heterocycles. The van der Waals surface area contributed by atoms with Gasteiger partial charge in [0.1, 0.15) is 5.60 Å². The van der Waals surface area contributed by atoms with Gasteiger partial charge in [0.2, 0.25) is 6.41 Å². The highest BCUT2D eigenvalue weighted by Crippen LogP contribution is 2.22.